The van der Waals surface area contributed by atoms with Crippen molar-refractivity contribution in [2.24, 2.45) is 5.92 Å². The molecule has 226 valence electrons. The lowest BCUT2D eigenvalue weighted by atomic mass is 9.94. The molecule has 2 heteroatoms. The summed E-state index contributed by atoms with van der Waals surface area (Å²) in [6.45, 7) is 10.6. The van der Waals surface area contributed by atoms with E-state index in [1.807, 2.05) is 0 Å². The molecule has 0 spiro atoms. The Labute approximate surface area is 240 Å². The van der Waals surface area contributed by atoms with Crippen molar-refractivity contribution in [3.05, 3.63) is 12.2 Å². The van der Waals surface area contributed by atoms with Gasteiger partial charge in [-0.3, -0.25) is 0 Å². The van der Waals surface area contributed by atoms with Crippen molar-refractivity contribution < 1.29 is 9.53 Å². The van der Waals surface area contributed by atoms with Crippen molar-refractivity contribution in [2.45, 2.75) is 201 Å². The second-order valence-electron chi connectivity index (χ2n) is 12.3. The van der Waals surface area contributed by atoms with Crippen LogP contribution in [0.4, 0.5) is 0 Å². The Kier molecular flexibility index (Phi) is 30.1. The molecule has 0 saturated heterocycles. The van der Waals surface area contributed by atoms with Gasteiger partial charge >= 0.3 is 5.97 Å². The Morgan fingerprint density at radius 2 is 0.763 bits per heavy atom. The highest BCUT2D eigenvalue weighted by molar-refractivity contribution is 5.86. The quantitative estimate of drug-likeness (QED) is 0.0502. The van der Waals surface area contributed by atoms with Gasteiger partial charge in [-0.25, -0.2) is 4.79 Å². The van der Waals surface area contributed by atoms with E-state index >= 15 is 0 Å². The van der Waals surface area contributed by atoms with Crippen molar-refractivity contribution in [2.75, 3.05) is 6.61 Å². The second kappa shape index (κ2) is 30.7. The molecule has 0 aliphatic carbocycles. The molecule has 0 fully saturated rings. The molecule has 0 amide bonds. The molecule has 1 atom stereocenters. The van der Waals surface area contributed by atoms with Gasteiger partial charge in [0.2, 0.25) is 0 Å². The second-order valence-corrected chi connectivity index (χ2v) is 12.3. The van der Waals surface area contributed by atoms with Crippen molar-refractivity contribution in [3.8, 4) is 0 Å². The zero-order valence-electron chi connectivity index (χ0n) is 26.6. The third-order valence-corrected chi connectivity index (χ3v) is 8.23. The lowest BCUT2D eigenvalue weighted by Gasteiger charge is -2.17. The Bertz CT molecular complexity index is 498. The topological polar surface area (TPSA) is 26.3 Å². The van der Waals surface area contributed by atoms with Crippen LogP contribution in [-0.4, -0.2) is 12.6 Å². The summed E-state index contributed by atoms with van der Waals surface area (Å²) in [7, 11) is 0. The first-order valence-corrected chi connectivity index (χ1v) is 17.4. The van der Waals surface area contributed by atoms with Gasteiger partial charge in [0.1, 0.15) is 0 Å². The summed E-state index contributed by atoms with van der Waals surface area (Å²) in [4.78, 5) is 11.9. The van der Waals surface area contributed by atoms with Gasteiger partial charge in [0.15, 0.2) is 0 Å². The fourth-order valence-electron chi connectivity index (χ4n) is 5.53. The zero-order valence-corrected chi connectivity index (χ0v) is 26.6. The predicted molar refractivity (Wildman–Crippen MR) is 170 cm³/mol. The molecule has 0 aromatic heterocycles. The fourth-order valence-corrected chi connectivity index (χ4v) is 5.53. The molecule has 0 heterocycles. The van der Waals surface area contributed by atoms with Gasteiger partial charge in [-0.1, -0.05) is 187 Å². The Morgan fingerprint density at radius 3 is 1.03 bits per heavy atom. The summed E-state index contributed by atoms with van der Waals surface area (Å²) in [6.07, 6.45) is 38.8. The standard InChI is InChI=1S/C36H70O2/c1-5-7-9-11-13-15-17-18-19-20-21-22-24-26-28-30-32-35(33-38-36(37)34(3)4)31-29-27-25-23-16-14-12-10-8-6-2/h35H,3,5-33H2,1-2,4H3. The van der Waals surface area contributed by atoms with Crippen LogP contribution in [0.3, 0.4) is 0 Å². The Balaban J connectivity index is 3.74. The Hall–Kier alpha value is -0.790. The van der Waals surface area contributed by atoms with E-state index < -0.39 is 0 Å². The zero-order chi connectivity index (χ0) is 27.9. The summed E-state index contributed by atoms with van der Waals surface area (Å²) < 4.78 is 5.55. The highest BCUT2D eigenvalue weighted by Crippen LogP contribution is 2.21. The highest BCUT2D eigenvalue weighted by atomic mass is 16.5. The largest absolute Gasteiger partial charge is 0.462 e. The molecule has 0 aliphatic heterocycles. The van der Waals surface area contributed by atoms with Crippen molar-refractivity contribution in [1.29, 1.82) is 0 Å². The molecule has 0 radical (unpaired) electrons. The number of ether oxygens (including phenoxy) is 1. The number of esters is 1. The van der Waals surface area contributed by atoms with Crippen LogP contribution in [0.5, 0.6) is 0 Å². The predicted octanol–water partition coefficient (Wildman–Crippen LogP) is 12.7. The van der Waals surface area contributed by atoms with E-state index in [1.54, 1.807) is 6.92 Å². The van der Waals surface area contributed by atoms with Crippen LogP contribution in [-0.2, 0) is 9.53 Å². The molecule has 0 aromatic rings. The van der Waals surface area contributed by atoms with Gasteiger partial charge in [-0.2, -0.15) is 0 Å². The van der Waals surface area contributed by atoms with Crippen LogP contribution < -0.4 is 0 Å². The van der Waals surface area contributed by atoms with Crippen LogP contribution in [0.25, 0.3) is 0 Å². The minimum Gasteiger partial charge on any atom is -0.462 e. The first-order valence-electron chi connectivity index (χ1n) is 17.4. The molecule has 0 saturated carbocycles. The molecular weight excluding hydrogens is 464 g/mol. The molecule has 0 N–H and O–H groups in total. The van der Waals surface area contributed by atoms with Crippen molar-refractivity contribution in [1.82, 2.24) is 0 Å². The highest BCUT2D eigenvalue weighted by Gasteiger charge is 2.12. The van der Waals surface area contributed by atoms with E-state index in [-0.39, 0.29) is 5.97 Å². The summed E-state index contributed by atoms with van der Waals surface area (Å²) in [5.74, 6) is 0.309. The van der Waals surface area contributed by atoms with Gasteiger partial charge in [0.05, 0.1) is 6.61 Å². The molecule has 1 unspecified atom stereocenters. The lowest BCUT2D eigenvalue weighted by Crippen LogP contribution is -2.15. The maximum Gasteiger partial charge on any atom is 0.333 e. The third kappa shape index (κ3) is 28.2. The molecule has 0 bridgehead atoms. The Morgan fingerprint density at radius 1 is 0.500 bits per heavy atom. The minimum absolute atomic E-state index is 0.218. The SMILES string of the molecule is C=C(C)C(=O)OCC(CCCCCCCCCCCC)CCCCCCCCCCCCCCCCCC. The summed E-state index contributed by atoms with van der Waals surface area (Å²) >= 11 is 0. The lowest BCUT2D eigenvalue weighted by molar-refractivity contribution is -0.140. The smallest absolute Gasteiger partial charge is 0.333 e. The van der Waals surface area contributed by atoms with Crippen LogP contribution in [0.15, 0.2) is 12.2 Å². The van der Waals surface area contributed by atoms with Gasteiger partial charge < -0.3 is 4.74 Å². The molecule has 0 rings (SSSR count). The molecular formula is C36H70O2. The molecule has 2 nitrogen and oxygen atoms in total. The maximum atomic E-state index is 11.9. The summed E-state index contributed by atoms with van der Waals surface area (Å²) in [5.41, 5.74) is 0.519. The van der Waals surface area contributed by atoms with Gasteiger partial charge in [-0.15, -0.1) is 0 Å². The number of unbranched alkanes of at least 4 members (excludes halogenated alkanes) is 24. The van der Waals surface area contributed by atoms with E-state index in [9.17, 15) is 4.79 Å². The first-order chi connectivity index (χ1) is 18.6. The minimum atomic E-state index is -0.218. The average molecular weight is 535 g/mol. The summed E-state index contributed by atoms with van der Waals surface area (Å²) in [5, 5.41) is 0. The molecule has 38 heavy (non-hydrogen) atoms. The molecule has 0 aromatic carbocycles. The number of rotatable bonds is 31. The maximum absolute atomic E-state index is 11.9. The first kappa shape index (κ1) is 37.2. The van der Waals surface area contributed by atoms with Gasteiger partial charge in [0, 0.05) is 5.57 Å². The number of carbonyl (C=O) groups excluding carboxylic acids is 1. The average Bonchev–Trinajstić information content (AvgIpc) is 2.91. The van der Waals surface area contributed by atoms with Crippen LogP contribution in [0, 0.1) is 5.92 Å². The van der Waals surface area contributed by atoms with E-state index in [4.69, 9.17) is 4.74 Å². The monoisotopic (exact) mass is 535 g/mol. The van der Waals surface area contributed by atoms with E-state index in [0.29, 0.717) is 18.1 Å². The van der Waals surface area contributed by atoms with Crippen LogP contribution in [0.2, 0.25) is 0 Å². The van der Waals surface area contributed by atoms with Gasteiger partial charge in [0.25, 0.3) is 0 Å². The van der Waals surface area contributed by atoms with E-state index in [2.05, 4.69) is 20.4 Å². The van der Waals surface area contributed by atoms with Crippen molar-refractivity contribution in [3.63, 3.8) is 0 Å². The molecule has 0 aliphatic rings. The van der Waals surface area contributed by atoms with Crippen LogP contribution in [0.1, 0.15) is 201 Å². The number of hydrogen-bond acceptors (Lipinski definition) is 2. The van der Waals surface area contributed by atoms with Crippen LogP contribution >= 0.6 is 0 Å². The van der Waals surface area contributed by atoms with E-state index in [1.165, 1.54) is 180 Å². The normalized spacial score (nSPS) is 12.1. The fraction of sp³-hybridized carbons (Fsp3) is 0.917. The number of hydrogen-bond donors (Lipinski definition) is 0. The number of carbonyl (C=O) groups is 1. The third-order valence-electron chi connectivity index (χ3n) is 8.23. The summed E-state index contributed by atoms with van der Waals surface area (Å²) in [6, 6.07) is 0. The van der Waals surface area contributed by atoms with Gasteiger partial charge in [-0.05, 0) is 25.7 Å². The van der Waals surface area contributed by atoms with E-state index in [0.717, 1.165) is 0 Å². The van der Waals surface area contributed by atoms with Crippen molar-refractivity contribution >= 4 is 5.97 Å².